The molecule has 3 rings (SSSR count). The molecule has 0 aliphatic carbocycles. The van der Waals surface area contributed by atoms with Gasteiger partial charge in [0.25, 0.3) is 10.0 Å². The Morgan fingerprint density at radius 2 is 1.88 bits per heavy atom. The summed E-state index contributed by atoms with van der Waals surface area (Å²) in [6.45, 7) is 2.49. The van der Waals surface area contributed by atoms with E-state index >= 15 is 0 Å². The van der Waals surface area contributed by atoms with Crippen molar-refractivity contribution in [2.24, 2.45) is 0 Å². The number of nitrogens with zero attached hydrogens (tertiary/aromatic N) is 3. The Balaban J connectivity index is 1.97. The van der Waals surface area contributed by atoms with Gasteiger partial charge in [-0.25, -0.2) is 22.2 Å². The van der Waals surface area contributed by atoms with E-state index in [1.807, 2.05) is 7.05 Å². The molecule has 1 aliphatic heterocycles. The third-order valence-electron chi connectivity index (χ3n) is 4.11. The van der Waals surface area contributed by atoms with E-state index in [1.165, 1.54) is 12.3 Å². The molecule has 0 amide bonds. The van der Waals surface area contributed by atoms with Crippen molar-refractivity contribution in [1.29, 1.82) is 0 Å². The molecular weight excluding hydrogens is 386 g/mol. The molecule has 6 nitrogen and oxygen atoms in total. The zero-order chi connectivity index (χ0) is 18.9. The fourth-order valence-electron chi connectivity index (χ4n) is 2.70. The van der Waals surface area contributed by atoms with Crippen LogP contribution >= 0.6 is 11.6 Å². The highest BCUT2D eigenvalue weighted by molar-refractivity contribution is 7.92. The largest absolute Gasteiger partial charge is 0.368 e. The van der Waals surface area contributed by atoms with Crippen molar-refractivity contribution in [1.82, 2.24) is 9.88 Å². The summed E-state index contributed by atoms with van der Waals surface area (Å²) < 4.78 is 56.1. The summed E-state index contributed by atoms with van der Waals surface area (Å²) >= 11 is 6.04. The summed E-state index contributed by atoms with van der Waals surface area (Å²) in [5.74, 6) is -2.57. The second kappa shape index (κ2) is 7.34. The van der Waals surface area contributed by atoms with Crippen molar-refractivity contribution in [3.63, 3.8) is 0 Å². The lowest BCUT2D eigenvalue weighted by Gasteiger charge is -2.34. The minimum Gasteiger partial charge on any atom is -0.368 e. The van der Waals surface area contributed by atoms with Gasteiger partial charge in [0.05, 0.1) is 5.69 Å². The number of hydrogen-bond acceptors (Lipinski definition) is 5. The van der Waals surface area contributed by atoms with Gasteiger partial charge in [-0.2, -0.15) is 0 Å². The molecule has 140 valence electrons. The van der Waals surface area contributed by atoms with E-state index in [0.29, 0.717) is 26.2 Å². The lowest BCUT2D eigenvalue weighted by atomic mass is 10.2. The fourth-order valence-corrected chi connectivity index (χ4v) is 4.18. The van der Waals surface area contributed by atoms with Crippen LogP contribution in [0.2, 0.25) is 5.02 Å². The van der Waals surface area contributed by atoms with E-state index in [-0.39, 0.29) is 11.5 Å². The first kappa shape index (κ1) is 18.8. The van der Waals surface area contributed by atoms with Crippen molar-refractivity contribution in [2.45, 2.75) is 4.90 Å². The van der Waals surface area contributed by atoms with Crippen LogP contribution < -0.4 is 9.62 Å². The zero-order valence-corrected chi connectivity index (χ0v) is 15.5. The SMILES string of the molecule is CN1CCN(c2cc(F)c(S(=O)(=O)Nc3ccccn3)c(F)c2Cl)CC1. The topological polar surface area (TPSA) is 65.5 Å². The van der Waals surface area contributed by atoms with E-state index in [0.717, 1.165) is 6.07 Å². The van der Waals surface area contributed by atoms with Crippen LogP contribution in [0, 0.1) is 11.6 Å². The molecule has 2 aromatic rings. The summed E-state index contributed by atoms with van der Waals surface area (Å²) in [6, 6.07) is 5.46. The van der Waals surface area contributed by atoms with Crippen molar-refractivity contribution in [3.8, 4) is 0 Å². The van der Waals surface area contributed by atoms with Crippen LogP contribution in [0.15, 0.2) is 35.4 Å². The maximum atomic E-state index is 14.7. The molecule has 1 N–H and O–H groups in total. The minimum atomic E-state index is -4.53. The molecule has 0 spiro atoms. The third-order valence-corrected chi connectivity index (χ3v) is 5.86. The molecule has 1 saturated heterocycles. The Hall–Kier alpha value is -1.97. The van der Waals surface area contributed by atoms with Crippen LogP contribution in [0.1, 0.15) is 0 Å². The highest BCUT2D eigenvalue weighted by Crippen LogP contribution is 2.35. The number of halogens is 3. The number of likely N-dealkylation sites (N-methyl/N-ethyl adjacent to an activating group) is 1. The van der Waals surface area contributed by atoms with Crippen molar-refractivity contribution in [2.75, 3.05) is 42.8 Å². The molecule has 0 radical (unpaired) electrons. The van der Waals surface area contributed by atoms with Gasteiger partial charge in [-0.05, 0) is 19.2 Å². The van der Waals surface area contributed by atoms with Gasteiger partial charge >= 0.3 is 0 Å². The summed E-state index contributed by atoms with van der Waals surface area (Å²) in [7, 11) is -2.58. The highest BCUT2D eigenvalue weighted by Gasteiger charge is 2.30. The van der Waals surface area contributed by atoms with Crippen LogP contribution in [-0.2, 0) is 10.0 Å². The van der Waals surface area contributed by atoms with Gasteiger partial charge in [-0.1, -0.05) is 17.7 Å². The van der Waals surface area contributed by atoms with Crippen LogP contribution in [0.5, 0.6) is 0 Å². The fraction of sp³-hybridized carbons (Fsp3) is 0.312. The number of anilines is 2. The number of pyridine rings is 1. The van der Waals surface area contributed by atoms with Crippen LogP contribution in [0.4, 0.5) is 20.3 Å². The van der Waals surface area contributed by atoms with E-state index in [9.17, 15) is 17.2 Å². The summed E-state index contributed by atoms with van der Waals surface area (Å²) in [6.07, 6.45) is 1.36. The van der Waals surface area contributed by atoms with Gasteiger partial charge in [0.15, 0.2) is 10.7 Å². The second-order valence-electron chi connectivity index (χ2n) is 5.95. The predicted molar refractivity (Wildman–Crippen MR) is 96.1 cm³/mol. The molecule has 0 bridgehead atoms. The zero-order valence-electron chi connectivity index (χ0n) is 13.9. The summed E-state index contributed by atoms with van der Waals surface area (Å²) in [5, 5.41) is -0.419. The van der Waals surface area contributed by atoms with Gasteiger partial charge in [-0.15, -0.1) is 0 Å². The molecule has 0 saturated carbocycles. The molecule has 1 aromatic heterocycles. The maximum absolute atomic E-state index is 14.7. The van der Waals surface area contributed by atoms with Gasteiger partial charge in [0, 0.05) is 38.4 Å². The number of nitrogens with one attached hydrogen (secondary N) is 1. The number of hydrogen-bond donors (Lipinski definition) is 1. The quantitative estimate of drug-likeness (QED) is 0.796. The van der Waals surface area contributed by atoms with Crippen LogP contribution in [0.3, 0.4) is 0 Å². The lowest BCUT2D eigenvalue weighted by molar-refractivity contribution is 0.312. The first-order valence-corrected chi connectivity index (χ1v) is 9.70. The molecular formula is C16H17ClF2N4O2S. The van der Waals surface area contributed by atoms with E-state index in [4.69, 9.17) is 11.6 Å². The van der Waals surface area contributed by atoms with Gasteiger partial charge in [0.1, 0.15) is 16.7 Å². The number of rotatable bonds is 4. The van der Waals surface area contributed by atoms with E-state index < -0.39 is 31.6 Å². The summed E-state index contributed by atoms with van der Waals surface area (Å²) in [5.41, 5.74) is 0.145. The van der Waals surface area contributed by atoms with Crippen molar-refractivity contribution >= 4 is 33.1 Å². The maximum Gasteiger partial charge on any atom is 0.268 e. The smallest absolute Gasteiger partial charge is 0.268 e. The van der Waals surface area contributed by atoms with Gasteiger partial charge < -0.3 is 9.80 Å². The number of aromatic nitrogens is 1. The lowest BCUT2D eigenvalue weighted by Crippen LogP contribution is -2.44. The van der Waals surface area contributed by atoms with Gasteiger partial charge in [0.2, 0.25) is 0 Å². The molecule has 2 heterocycles. The first-order valence-electron chi connectivity index (χ1n) is 7.84. The van der Waals surface area contributed by atoms with Crippen molar-refractivity contribution in [3.05, 3.63) is 47.1 Å². The minimum absolute atomic E-state index is 0.0504. The van der Waals surface area contributed by atoms with Crippen LogP contribution in [0.25, 0.3) is 0 Å². The molecule has 1 aromatic carbocycles. The Labute approximate surface area is 155 Å². The van der Waals surface area contributed by atoms with E-state index in [1.54, 1.807) is 17.0 Å². The first-order chi connectivity index (χ1) is 12.3. The molecule has 0 unspecified atom stereocenters. The van der Waals surface area contributed by atoms with Crippen molar-refractivity contribution < 1.29 is 17.2 Å². The monoisotopic (exact) mass is 402 g/mol. The Kier molecular flexibility index (Phi) is 5.31. The molecule has 0 atom stereocenters. The predicted octanol–water partition coefficient (Wildman–Crippen LogP) is 2.57. The molecule has 1 aliphatic rings. The second-order valence-corrected chi connectivity index (χ2v) is 7.94. The standard InChI is InChI=1S/C16H17ClF2N4O2S/c1-22-6-8-23(9-7-22)12-10-11(18)16(15(19)14(12)17)26(24,25)21-13-4-2-3-5-20-13/h2-5,10H,6-9H2,1H3,(H,20,21). The average molecular weight is 403 g/mol. The highest BCUT2D eigenvalue weighted by atomic mass is 35.5. The normalized spacial score (nSPS) is 15.9. The average Bonchev–Trinajstić information content (AvgIpc) is 2.59. The Morgan fingerprint density at radius 1 is 1.19 bits per heavy atom. The molecule has 10 heteroatoms. The Bertz CT molecular complexity index is 904. The molecule has 26 heavy (non-hydrogen) atoms. The van der Waals surface area contributed by atoms with E-state index in [2.05, 4.69) is 14.6 Å². The van der Waals surface area contributed by atoms with Crippen LogP contribution in [-0.4, -0.2) is 51.5 Å². The molecule has 1 fully saturated rings. The Morgan fingerprint density at radius 3 is 2.50 bits per heavy atom. The number of piperazine rings is 1. The number of sulfonamides is 1. The summed E-state index contributed by atoms with van der Waals surface area (Å²) in [4.78, 5) is 6.48. The van der Waals surface area contributed by atoms with Gasteiger partial charge in [-0.3, -0.25) is 4.72 Å². The third kappa shape index (κ3) is 3.74. The number of benzene rings is 1.